The van der Waals surface area contributed by atoms with Gasteiger partial charge >= 0.3 is 0 Å². The van der Waals surface area contributed by atoms with E-state index in [-0.39, 0.29) is 11.4 Å². The van der Waals surface area contributed by atoms with Gasteiger partial charge in [-0.15, -0.1) is 0 Å². The molecule has 0 saturated carbocycles. The van der Waals surface area contributed by atoms with E-state index in [1.54, 1.807) is 17.7 Å². The average molecular weight is 442 g/mol. The SMILES string of the molecule is CCCCNc1nc(C)c(CCN2CCC(c3noc4cc(F)ccc34)CC2)c(=O)n1C. The summed E-state index contributed by atoms with van der Waals surface area (Å²) >= 11 is 0. The van der Waals surface area contributed by atoms with E-state index in [2.05, 4.69) is 27.3 Å². The zero-order chi connectivity index (χ0) is 22.7. The van der Waals surface area contributed by atoms with Crippen LogP contribution in [0.1, 0.15) is 55.5 Å². The number of aromatic nitrogens is 3. The Morgan fingerprint density at radius 2 is 2.06 bits per heavy atom. The van der Waals surface area contributed by atoms with Crippen molar-refractivity contribution in [2.75, 3.05) is 31.5 Å². The van der Waals surface area contributed by atoms with E-state index in [1.807, 2.05) is 6.92 Å². The highest BCUT2D eigenvalue weighted by Crippen LogP contribution is 2.32. The van der Waals surface area contributed by atoms with E-state index < -0.39 is 0 Å². The van der Waals surface area contributed by atoms with Crippen LogP contribution >= 0.6 is 0 Å². The number of nitrogens with zero attached hydrogens (tertiary/aromatic N) is 4. The molecule has 3 heterocycles. The van der Waals surface area contributed by atoms with Gasteiger partial charge in [0.2, 0.25) is 5.95 Å². The maximum atomic E-state index is 13.4. The molecular weight excluding hydrogens is 409 g/mol. The maximum absolute atomic E-state index is 13.4. The van der Waals surface area contributed by atoms with E-state index in [1.165, 1.54) is 12.1 Å². The highest BCUT2D eigenvalue weighted by atomic mass is 19.1. The first-order chi connectivity index (χ1) is 15.5. The number of hydrogen-bond donors (Lipinski definition) is 1. The fourth-order valence-corrected chi connectivity index (χ4v) is 4.50. The van der Waals surface area contributed by atoms with Crippen molar-refractivity contribution in [1.29, 1.82) is 0 Å². The van der Waals surface area contributed by atoms with Gasteiger partial charge in [0, 0.05) is 48.8 Å². The summed E-state index contributed by atoms with van der Waals surface area (Å²) < 4.78 is 20.4. The number of fused-ring (bicyclic) bond motifs is 1. The number of hydrogen-bond acceptors (Lipinski definition) is 6. The van der Waals surface area contributed by atoms with Crippen molar-refractivity contribution in [3.63, 3.8) is 0 Å². The van der Waals surface area contributed by atoms with E-state index >= 15 is 0 Å². The van der Waals surface area contributed by atoms with Crippen LogP contribution in [0.4, 0.5) is 10.3 Å². The minimum atomic E-state index is -0.310. The van der Waals surface area contributed by atoms with Gasteiger partial charge in [-0.3, -0.25) is 9.36 Å². The van der Waals surface area contributed by atoms with E-state index in [0.29, 0.717) is 23.9 Å². The molecule has 1 aliphatic rings. The Balaban J connectivity index is 1.36. The molecule has 1 aromatic carbocycles. The number of benzene rings is 1. The Labute approximate surface area is 187 Å². The van der Waals surface area contributed by atoms with E-state index in [4.69, 9.17) is 4.52 Å². The quantitative estimate of drug-likeness (QED) is 0.533. The van der Waals surface area contributed by atoms with Crippen LogP contribution in [0, 0.1) is 12.7 Å². The summed E-state index contributed by atoms with van der Waals surface area (Å²) in [5, 5.41) is 8.40. The molecule has 3 aromatic rings. The topological polar surface area (TPSA) is 76.2 Å². The van der Waals surface area contributed by atoms with Crippen molar-refractivity contribution in [1.82, 2.24) is 19.6 Å². The molecule has 0 spiro atoms. The van der Waals surface area contributed by atoms with Crippen LogP contribution in [-0.4, -0.2) is 45.8 Å². The summed E-state index contributed by atoms with van der Waals surface area (Å²) in [5.41, 5.74) is 3.07. The lowest BCUT2D eigenvalue weighted by molar-refractivity contribution is 0.211. The van der Waals surface area contributed by atoms with Crippen molar-refractivity contribution in [3.05, 3.63) is 51.3 Å². The van der Waals surface area contributed by atoms with Gasteiger partial charge in [0.25, 0.3) is 5.56 Å². The summed E-state index contributed by atoms with van der Waals surface area (Å²) in [6, 6.07) is 4.61. The Morgan fingerprint density at radius 3 is 2.81 bits per heavy atom. The van der Waals surface area contributed by atoms with Crippen LogP contribution in [-0.2, 0) is 13.5 Å². The predicted octanol–water partition coefficient (Wildman–Crippen LogP) is 4.00. The van der Waals surface area contributed by atoms with E-state index in [0.717, 1.165) is 74.2 Å². The third kappa shape index (κ3) is 4.70. The van der Waals surface area contributed by atoms with Gasteiger partial charge < -0.3 is 14.7 Å². The second-order valence-corrected chi connectivity index (χ2v) is 8.72. The molecule has 172 valence electrons. The smallest absolute Gasteiger partial charge is 0.258 e. The summed E-state index contributed by atoms with van der Waals surface area (Å²) in [4.78, 5) is 19.9. The molecule has 2 aromatic heterocycles. The molecule has 0 radical (unpaired) electrons. The fraction of sp³-hybridized carbons (Fsp3) is 0.542. The van der Waals surface area contributed by atoms with Gasteiger partial charge in [0.05, 0.1) is 5.69 Å². The third-order valence-electron chi connectivity index (χ3n) is 6.52. The zero-order valence-corrected chi connectivity index (χ0v) is 19.2. The first-order valence-electron chi connectivity index (χ1n) is 11.6. The summed E-state index contributed by atoms with van der Waals surface area (Å²) in [6.45, 7) is 7.58. The highest BCUT2D eigenvalue weighted by molar-refractivity contribution is 5.79. The van der Waals surface area contributed by atoms with Gasteiger partial charge in [-0.2, -0.15) is 0 Å². The van der Waals surface area contributed by atoms with Crippen molar-refractivity contribution in [2.24, 2.45) is 7.05 Å². The van der Waals surface area contributed by atoms with Crippen molar-refractivity contribution in [2.45, 2.75) is 51.9 Å². The standard InChI is InChI=1S/C24H32FN5O2/c1-4-5-11-26-24-27-16(2)19(23(31)29(24)3)10-14-30-12-8-17(9-13-30)22-20-7-6-18(25)15-21(20)32-28-22/h6-7,15,17H,4-5,8-14H2,1-3H3,(H,26,27). The van der Waals surface area contributed by atoms with Gasteiger partial charge in [0.15, 0.2) is 5.58 Å². The minimum absolute atomic E-state index is 0.0349. The molecule has 0 atom stereocenters. The molecular formula is C24H32FN5O2. The van der Waals surface area contributed by atoms with Crippen LogP contribution < -0.4 is 10.9 Å². The first-order valence-corrected chi connectivity index (χ1v) is 11.6. The van der Waals surface area contributed by atoms with Crippen LogP contribution in [0.15, 0.2) is 27.5 Å². The zero-order valence-electron chi connectivity index (χ0n) is 19.2. The Bertz CT molecular complexity index is 1130. The molecule has 1 N–H and O–H groups in total. The van der Waals surface area contributed by atoms with Gasteiger partial charge in [0.1, 0.15) is 5.82 Å². The molecule has 1 fully saturated rings. The second kappa shape index (κ2) is 9.81. The van der Waals surface area contributed by atoms with Gasteiger partial charge in [-0.05, 0) is 57.8 Å². The molecule has 0 bridgehead atoms. The van der Waals surface area contributed by atoms with Crippen molar-refractivity contribution < 1.29 is 8.91 Å². The van der Waals surface area contributed by atoms with Crippen LogP contribution in [0.25, 0.3) is 11.0 Å². The van der Waals surface area contributed by atoms with Crippen LogP contribution in [0.3, 0.4) is 0 Å². The summed E-state index contributed by atoms with van der Waals surface area (Å²) in [6.07, 6.45) is 4.77. The van der Waals surface area contributed by atoms with Gasteiger partial charge in [-0.25, -0.2) is 9.37 Å². The number of nitrogens with one attached hydrogen (secondary N) is 1. The van der Waals surface area contributed by atoms with E-state index in [9.17, 15) is 9.18 Å². The Kier molecular flexibility index (Phi) is 6.89. The first kappa shape index (κ1) is 22.5. The lowest BCUT2D eigenvalue weighted by atomic mass is 9.91. The number of anilines is 1. The minimum Gasteiger partial charge on any atom is -0.356 e. The molecule has 4 rings (SSSR count). The average Bonchev–Trinajstić information content (AvgIpc) is 3.20. The Hall–Kier alpha value is -2.74. The number of halogens is 1. The largest absolute Gasteiger partial charge is 0.356 e. The summed E-state index contributed by atoms with van der Waals surface area (Å²) in [5.74, 6) is 0.642. The molecule has 32 heavy (non-hydrogen) atoms. The second-order valence-electron chi connectivity index (χ2n) is 8.72. The number of likely N-dealkylation sites (tertiary alicyclic amines) is 1. The lowest BCUT2D eigenvalue weighted by Gasteiger charge is -2.31. The third-order valence-corrected chi connectivity index (χ3v) is 6.52. The normalized spacial score (nSPS) is 15.5. The Morgan fingerprint density at radius 1 is 1.28 bits per heavy atom. The van der Waals surface area contributed by atoms with Gasteiger partial charge in [-0.1, -0.05) is 18.5 Å². The van der Waals surface area contributed by atoms with Crippen molar-refractivity contribution in [3.8, 4) is 0 Å². The lowest BCUT2D eigenvalue weighted by Crippen LogP contribution is -2.36. The van der Waals surface area contributed by atoms with Crippen LogP contribution in [0.2, 0.25) is 0 Å². The van der Waals surface area contributed by atoms with Crippen molar-refractivity contribution >= 4 is 16.9 Å². The molecule has 0 unspecified atom stereocenters. The predicted molar refractivity (Wildman–Crippen MR) is 124 cm³/mol. The molecule has 1 saturated heterocycles. The number of piperidine rings is 1. The number of aryl methyl sites for hydroxylation is 1. The summed E-state index contributed by atoms with van der Waals surface area (Å²) in [7, 11) is 1.78. The number of unbranched alkanes of at least 4 members (excludes halogenated alkanes) is 1. The molecule has 8 heteroatoms. The fourth-order valence-electron chi connectivity index (χ4n) is 4.50. The number of rotatable bonds is 8. The molecule has 1 aliphatic heterocycles. The van der Waals surface area contributed by atoms with Crippen LogP contribution in [0.5, 0.6) is 0 Å². The monoisotopic (exact) mass is 441 g/mol. The maximum Gasteiger partial charge on any atom is 0.258 e. The molecule has 0 aliphatic carbocycles. The highest BCUT2D eigenvalue weighted by Gasteiger charge is 2.25. The molecule has 7 nitrogen and oxygen atoms in total. The molecule has 0 amide bonds.